The summed E-state index contributed by atoms with van der Waals surface area (Å²) >= 11 is 0. The number of amides is 1. The van der Waals surface area contributed by atoms with E-state index in [1.807, 2.05) is 4.98 Å². The SMILES string of the molecule is COCCNCCNC(=O)c1cc(=O)[nH]c(=O)[nH]1. The summed E-state index contributed by atoms with van der Waals surface area (Å²) in [5, 5.41) is 5.60. The number of carbonyl (C=O) groups excluding carboxylic acids is 1. The molecule has 0 fully saturated rings. The van der Waals surface area contributed by atoms with Gasteiger partial charge in [0.15, 0.2) is 0 Å². The van der Waals surface area contributed by atoms with Gasteiger partial charge in [-0.1, -0.05) is 0 Å². The molecule has 1 amide bonds. The molecule has 0 aliphatic heterocycles. The number of rotatable bonds is 7. The second-order valence-corrected chi connectivity index (χ2v) is 3.50. The third kappa shape index (κ3) is 4.93. The fourth-order valence-electron chi connectivity index (χ4n) is 1.25. The second kappa shape index (κ2) is 7.41. The molecule has 0 atom stereocenters. The number of hydrogen-bond acceptors (Lipinski definition) is 5. The first-order chi connectivity index (χ1) is 8.63. The van der Waals surface area contributed by atoms with Crippen LogP contribution in [0.4, 0.5) is 0 Å². The molecule has 0 unspecified atom stereocenters. The van der Waals surface area contributed by atoms with E-state index >= 15 is 0 Å². The Kier molecular flexibility index (Phi) is 5.81. The van der Waals surface area contributed by atoms with Gasteiger partial charge < -0.3 is 20.4 Å². The van der Waals surface area contributed by atoms with Crippen molar-refractivity contribution in [3.8, 4) is 0 Å². The quantitative estimate of drug-likeness (QED) is 0.422. The van der Waals surface area contributed by atoms with Crippen molar-refractivity contribution in [2.24, 2.45) is 0 Å². The van der Waals surface area contributed by atoms with Crippen molar-refractivity contribution in [3.63, 3.8) is 0 Å². The standard InChI is InChI=1S/C10H16N4O4/c1-18-5-4-11-2-3-12-9(16)7-6-8(15)14-10(17)13-7/h6,11H,2-5H2,1H3,(H,12,16)(H2,13,14,15,17). The first kappa shape index (κ1) is 14.1. The number of aromatic amines is 2. The van der Waals surface area contributed by atoms with Crippen LogP contribution in [0, 0.1) is 0 Å². The molecule has 0 saturated carbocycles. The zero-order valence-corrected chi connectivity index (χ0v) is 10.0. The Bertz CT molecular complexity index is 465. The average molecular weight is 256 g/mol. The molecule has 0 saturated heterocycles. The lowest BCUT2D eigenvalue weighted by atomic mass is 10.4. The molecule has 0 radical (unpaired) electrons. The summed E-state index contributed by atoms with van der Waals surface area (Å²) in [6.07, 6.45) is 0. The highest BCUT2D eigenvalue weighted by Crippen LogP contribution is 1.84. The third-order valence-corrected chi connectivity index (χ3v) is 2.08. The van der Waals surface area contributed by atoms with Crippen LogP contribution in [-0.2, 0) is 4.74 Å². The van der Waals surface area contributed by atoms with Crippen LogP contribution in [0.5, 0.6) is 0 Å². The zero-order chi connectivity index (χ0) is 13.4. The van der Waals surface area contributed by atoms with Crippen LogP contribution in [0.15, 0.2) is 15.7 Å². The summed E-state index contributed by atoms with van der Waals surface area (Å²) in [6.45, 7) is 2.24. The Morgan fingerprint density at radius 3 is 2.72 bits per heavy atom. The van der Waals surface area contributed by atoms with E-state index in [9.17, 15) is 14.4 Å². The van der Waals surface area contributed by atoms with Gasteiger partial charge in [-0.15, -0.1) is 0 Å². The first-order valence-corrected chi connectivity index (χ1v) is 5.45. The van der Waals surface area contributed by atoms with Crippen LogP contribution in [0.25, 0.3) is 0 Å². The summed E-state index contributed by atoms with van der Waals surface area (Å²) in [4.78, 5) is 37.7. The predicted molar refractivity (Wildman–Crippen MR) is 64.8 cm³/mol. The van der Waals surface area contributed by atoms with Crippen LogP contribution < -0.4 is 21.9 Å². The smallest absolute Gasteiger partial charge is 0.326 e. The van der Waals surface area contributed by atoms with E-state index in [4.69, 9.17) is 4.74 Å². The Hall–Kier alpha value is -1.93. The minimum atomic E-state index is -0.703. The third-order valence-electron chi connectivity index (χ3n) is 2.08. The van der Waals surface area contributed by atoms with Gasteiger partial charge in [-0.05, 0) is 0 Å². The molecule has 1 aromatic heterocycles. The van der Waals surface area contributed by atoms with Crippen LogP contribution in [-0.4, -0.2) is 49.2 Å². The number of nitrogens with one attached hydrogen (secondary N) is 4. The lowest BCUT2D eigenvalue weighted by Gasteiger charge is -2.06. The monoisotopic (exact) mass is 256 g/mol. The summed E-state index contributed by atoms with van der Waals surface area (Å²) in [7, 11) is 1.60. The number of H-pyrrole nitrogens is 2. The molecule has 100 valence electrons. The molecule has 0 aliphatic rings. The molecule has 0 spiro atoms. The molecule has 0 aromatic carbocycles. The number of ether oxygens (including phenoxy) is 1. The molecule has 18 heavy (non-hydrogen) atoms. The maximum Gasteiger partial charge on any atom is 0.326 e. The van der Waals surface area contributed by atoms with Crippen molar-refractivity contribution in [2.75, 3.05) is 33.4 Å². The topological polar surface area (TPSA) is 116 Å². The maximum absolute atomic E-state index is 11.6. The predicted octanol–water partition coefficient (Wildman–Crippen LogP) is -1.97. The van der Waals surface area contributed by atoms with E-state index in [0.717, 1.165) is 6.07 Å². The van der Waals surface area contributed by atoms with Gasteiger partial charge in [-0.2, -0.15) is 0 Å². The molecule has 8 heteroatoms. The van der Waals surface area contributed by atoms with Crippen molar-refractivity contribution in [3.05, 3.63) is 32.6 Å². The van der Waals surface area contributed by atoms with E-state index in [2.05, 4.69) is 15.6 Å². The summed E-state index contributed by atoms with van der Waals surface area (Å²) in [5.74, 6) is -0.494. The second-order valence-electron chi connectivity index (χ2n) is 3.50. The normalized spacial score (nSPS) is 10.3. The Labute approximate surface area is 103 Å². The van der Waals surface area contributed by atoms with E-state index < -0.39 is 17.2 Å². The average Bonchev–Trinajstić information content (AvgIpc) is 2.32. The van der Waals surface area contributed by atoms with E-state index in [1.54, 1.807) is 7.11 Å². The number of hydrogen-bond donors (Lipinski definition) is 4. The van der Waals surface area contributed by atoms with Gasteiger partial charge in [-0.3, -0.25) is 14.6 Å². The molecule has 8 nitrogen and oxygen atoms in total. The van der Waals surface area contributed by atoms with Crippen molar-refractivity contribution in [1.82, 2.24) is 20.6 Å². The van der Waals surface area contributed by atoms with Gasteiger partial charge in [0.2, 0.25) is 0 Å². The van der Waals surface area contributed by atoms with Gasteiger partial charge in [0, 0.05) is 32.8 Å². The Morgan fingerprint density at radius 1 is 1.28 bits per heavy atom. The van der Waals surface area contributed by atoms with Crippen LogP contribution in [0.2, 0.25) is 0 Å². The Morgan fingerprint density at radius 2 is 2.06 bits per heavy atom. The van der Waals surface area contributed by atoms with E-state index in [1.165, 1.54) is 0 Å². The van der Waals surface area contributed by atoms with Crippen LogP contribution in [0.3, 0.4) is 0 Å². The summed E-state index contributed by atoms with van der Waals surface area (Å²) in [5.41, 5.74) is -1.37. The van der Waals surface area contributed by atoms with Gasteiger partial charge in [-0.25, -0.2) is 4.79 Å². The van der Waals surface area contributed by atoms with E-state index in [0.29, 0.717) is 26.2 Å². The highest BCUT2D eigenvalue weighted by atomic mass is 16.5. The van der Waals surface area contributed by atoms with Gasteiger partial charge in [0.25, 0.3) is 11.5 Å². The molecule has 0 bridgehead atoms. The van der Waals surface area contributed by atoms with Crippen molar-refractivity contribution in [2.45, 2.75) is 0 Å². The lowest BCUT2D eigenvalue weighted by Crippen LogP contribution is -2.35. The van der Waals surface area contributed by atoms with E-state index in [-0.39, 0.29) is 5.69 Å². The molecule has 1 heterocycles. The summed E-state index contributed by atoms with van der Waals surface area (Å²) in [6, 6.07) is 1.04. The summed E-state index contributed by atoms with van der Waals surface area (Å²) < 4.78 is 4.84. The highest BCUT2D eigenvalue weighted by molar-refractivity contribution is 5.91. The molecule has 1 aromatic rings. The van der Waals surface area contributed by atoms with Crippen molar-refractivity contribution < 1.29 is 9.53 Å². The highest BCUT2D eigenvalue weighted by Gasteiger charge is 2.06. The minimum Gasteiger partial charge on any atom is -0.383 e. The Balaban J connectivity index is 2.36. The minimum absolute atomic E-state index is 0.0550. The molecular weight excluding hydrogens is 240 g/mol. The number of aromatic nitrogens is 2. The van der Waals surface area contributed by atoms with Crippen molar-refractivity contribution in [1.29, 1.82) is 0 Å². The maximum atomic E-state index is 11.6. The van der Waals surface area contributed by atoms with Crippen LogP contribution in [0.1, 0.15) is 10.5 Å². The van der Waals surface area contributed by atoms with Gasteiger partial charge in [0.1, 0.15) is 5.69 Å². The number of carbonyl (C=O) groups is 1. The lowest BCUT2D eigenvalue weighted by molar-refractivity contribution is 0.0948. The zero-order valence-electron chi connectivity index (χ0n) is 10.0. The first-order valence-electron chi connectivity index (χ1n) is 5.45. The van der Waals surface area contributed by atoms with Crippen LogP contribution >= 0.6 is 0 Å². The molecular formula is C10H16N4O4. The fourth-order valence-corrected chi connectivity index (χ4v) is 1.25. The molecule has 0 aliphatic carbocycles. The van der Waals surface area contributed by atoms with Crippen molar-refractivity contribution >= 4 is 5.91 Å². The fraction of sp³-hybridized carbons (Fsp3) is 0.500. The molecule has 1 rings (SSSR count). The molecule has 4 N–H and O–H groups in total. The van der Waals surface area contributed by atoms with Gasteiger partial charge in [0.05, 0.1) is 6.61 Å². The largest absolute Gasteiger partial charge is 0.383 e. The number of methoxy groups -OCH3 is 1. The van der Waals surface area contributed by atoms with Gasteiger partial charge >= 0.3 is 5.69 Å².